The van der Waals surface area contributed by atoms with Gasteiger partial charge in [0.1, 0.15) is 13.2 Å². The molecule has 0 spiro atoms. The van der Waals surface area contributed by atoms with Crippen LogP contribution in [0.1, 0.15) is 0 Å². The summed E-state index contributed by atoms with van der Waals surface area (Å²) in [5.41, 5.74) is 0. The van der Waals surface area contributed by atoms with Crippen LogP contribution in [0.15, 0.2) is 0 Å². The van der Waals surface area contributed by atoms with E-state index in [2.05, 4.69) is 0 Å². The Labute approximate surface area is 122 Å². The minimum absolute atomic E-state index is 0.120. The Morgan fingerprint density at radius 2 is 0.950 bits per heavy atom. The lowest BCUT2D eigenvalue weighted by atomic mass is 10.7. The van der Waals surface area contributed by atoms with Gasteiger partial charge in [-0.1, -0.05) is 0 Å². The molecule has 0 radical (unpaired) electrons. The van der Waals surface area contributed by atoms with Gasteiger partial charge in [-0.15, -0.1) is 11.8 Å². The first-order valence-electron chi connectivity index (χ1n) is 6.41. The van der Waals surface area contributed by atoms with Gasteiger partial charge in [-0.25, -0.2) is 0 Å². The Morgan fingerprint density at radius 3 is 1.35 bits per heavy atom. The smallest absolute Gasteiger partial charge is 0.315 e. The van der Waals surface area contributed by atoms with E-state index >= 15 is 0 Å². The Kier molecular flexibility index (Phi) is 10.3. The summed E-state index contributed by atoms with van der Waals surface area (Å²) >= 11 is 1.16. The number of rotatable bonds is 0. The van der Waals surface area contributed by atoms with Crippen molar-refractivity contribution in [1.82, 2.24) is 0 Å². The van der Waals surface area contributed by atoms with Gasteiger partial charge in [-0.2, -0.15) is 0 Å². The Bertz CT molecular complexity index is 259. The van der Waals surface area contributed by atoms with Gasteiger partial charge in [0.2, 0.25) is 0 Å². The zero-order valence-corrected chi connectivity index (χ0v) is 12.2. The van der Waals surface area contributed by atoms with Crippen LogP contribution in [0.2, 0.25) is 0 Å². The molecule has 0 aromatic heterocycles. The van der Waals surface area contributed by atoms with Crippen molar-refractivity contribution in [2.75, 3.05) is 64.4 Å². The average Bonchev–Trinajstić information content (AvgIpc) is 2.43. The van der Waals surface area contributed by atoms with Crippen LogP contribution in [0.4, 0.5) is 0 Å². The monoisotopic (exact) mass is 308 g/mol. The third-order valence-corrected chi connectivity index (χ3v) is 3.04. The Hall–Kier alpha value is -0.830. The SMILES string of the molecule is O=C1CSCC(=O)OCCOCCOCCOCCO1. The van der Waals surface area contributed by atoms with Crippen LogP contribution in [0, 0.1) is 0 Å². The highest BCUT2D eigenvalue weighted by Crippen LogP contribution is 2.02. The molecule has 116 valence electrons. The molecular weight excluding hydrogens is 288 g/mol. The van der Waals surface area contributed by atoms with Crippen molar-refractivity contribution in [1.29, 1.82) is 0 Å². The number of cyclic esters (lactones) is 2. The molecule has 0 bridgehead atoms. The number of carbonyl (C=O) groups is 2. The maximum absolute atomic E-state index is 11.3. The highest BCUT2D eigenvalue weighted by Gasteiger charge is 2.07. The molecule has 0 saturated carbocycles. The fraction of sp³-hybridized carbons (Fsp3) is 0.833. The Morgan fingerprint density at radius 1 is 0.600 bits per heavy atom. The normalized spacial score (nSPS) is 22.2. The standard InChI is InChI=1S/C12H20O7S/c13-11-9-20-10-12(14)19-8-6-17-4-2-15-1-3-16-5-7-18-11/h1-10H2. The van der Waals surface area contributed by atoms with Crippen LogP contribution in [0.3, 0.4) is 0 Å². The summed E-state index contributed by atoms with van der Waals surface area (Å²) in [7, 11) is 0. The second-order valence-corrected chi connectivity index (χ2v) is 4.76. The van der Waals surface area contributed by atoms with E-state index in [9.17, 15) is 9.59 Å². The predicted molar refractivity (Wildman–Crippen MR) is 71.7 cm³/mol. The van der Waals surface area contributed by atoms with E-state index < -0.39 is 0 Å². The van der Waals surface area contributed by atoms with Crippen LogP contribution in [0.25, 0.3) is 0 Å². The number of esters is 2. The van der Waals surface area contributed by atoms with Crippen molar-refractivity contribution < 1.29 is 33.3 Å². The molecule has 8 heteroatoms. The third-order valence-electron chi connectivity index (χ3n) is 2.17. The van der Waals surface area contributed by atoms with Crippen LogP contribution >= 0.6 is 11.8 Å². The molecule has 0 amide bonds. The summed E-state index contributed by atoms with van der Waals surface area (Å²) in [6.07, 6.45) is 0. The third kappa shape index (κ3) is 10.0. The van der Waals surface area contributed by atoms with Crippen LogP contribution < -0.4 is 0 Å². The van der Waals surface area contributed by atoms with Crippen molar-refractivity contribution in [3.05, 3.63) is 0 Å². The van der Waals surface area contributed by atoms with Gasteiger partial charge < -0.3 is 23.7 Å². The second kappa shape index (κ2) is 12.0. The number of carbonyl (C=O) groups excluding carboxylic acids is 2. The summed E-state index contributed by atoms with van der Waals surface area (Å²) < 4.78 is 25.5. The summed E-state index contributed by atoms with van der Waals surface area (Å²) in [5, 5.41) is 0. The van der Waals surface area contributed by atoms with E-state index in [1.165, 1.54) is 0 Å². The molecule has 0 atom stereocenters. The van der Waals surface area contributed by atoms with Crippen molar-refractivity contribution in [3.8, 4) is 0 Å². The van der Waals surface area contributed by atoms with Gasteiger partial charge in [0.15, 0.2) is 0 Å². The largest absolute Gasteiger partial charge is 0.463 e. The van der Waals surface area contributed by atoms with Crippen molar-refractivity contribution in [2.45, 2.75) is 0 Å². The highest BCUT2D eigenvalue weighted by molar-refractivity contribution is 8.00. The molecule has 1 aliphatic heterocycles. The van der Waals surface area contributed by atoms with E-state index in [4.69, 9.17) is 23.7 Å². The fourth-order valence-corrected chi connectivity index (χ4v) is 1.87. The first-order chi connectivity index (χ1) is 9.79. The lowest BCUT2D eigenvalue weighted by molar-refractivity contribution is -0.142. The van der Waals surface area contributed by atoms with Gasteiger partial charge in [0.25, 0.3) is 0 Å². The minimum Gasteiger partial charge on any atom is -0.463 e. The Balaban J connectivity index is 2.20. The molecule has 20 heavy (non-hydrogen) atoms. The van der Waals surface area contributed by atoms with Crippen LogP contribution in [-0.4, -0.2) is 76.3 Å². The van der Waals surface area contributed by atoms with Gasteiger partial charge in [0.05, 0.1) is 51.1 Å². The van der Waals surface area contributed by atoms with Crippen molar-refractivity contribution >= 4 is 23.7 Å². The summed E-state index contributed by atoms with van der Waals surface area (Å²) in [6, 6.07) is 0. The fourth-order valence-electron chi connectivity index (χ4n) is 1.27. The summed E-state index contributed by atoms with van der Waals surface area (Å²) in [6.45, 7) is 2.88. The van der Waals surface area contributed by atoms with E-state index in [0.717, 1.165) is 11.8 Å². The quantitative estimate of drug-likeness (QED) is 0.573. The topological polar surface area (TPSA) is 80.3 Å². The van der Waals surface area contributed by atoms with Gasteiger partial charge in [0, 0.05) is 0 Å². The predicted octanol–water partition coefficient (Wildman–Crippen LogP) is -0.131. The first kappa shape index (κ1) is 17.2. The average molecular weight is 308 g/mol. The van der Waals surface area contributed by atoms with Crippen LogP contribution in [0.5, 0.6) is 0 Å². The maximum atomic E-state index is 11.3. The molecule has 1 heterocycles. The van der Waals surface area contributed by atoms with Crippen molar-refractivity contribution in [2.24, 2.45) is 0 Å². The summed E-state index contributed by atoms with van der Waals surface area (Å²) in [4.78, 5) is 22.6. The zero-order valence-electron chi connectivity index (χ0n) is 11.3. The molecule has 0 aromatic rings. The van der Waals surface area contributed by atoms with Gasteiger partial charge >= 0.3 is 11.9 Å². The summed E-state index contributed by atoms with van der Waals surface area (Å²) in [5.74, 6) is -0.497. The molecule has 1 aliphatic rings. The number of hydrogen-bond donors (Lipinski definition) is 0. The van der Waals surface area contributed by atoms with E-state index in [0.29, 0.717) is 39.6 Å². The molecule has 0 N–H and O–H groups in total. The zero-order chi connectivity index (χ0) is 14.5. The van der Waals surface area contributed by atoms with Crippen molar-refractivity contribution in [3.63, 3.8) is 0 Å². The van der Waals surface area contributed by atoms with E-state index in [1.807, 2.05) is 0 Å². The molecule has 0 aromatic carbocycles. The highest BCUT2D eigenvalue weighted by atomic mass is 32.2. The van der Waals surface area contributed by atoms with Crippen LogP contribution in [-0.2, 0) is 33.3 Å². The lowest BCUT2D eigenvalue weighted by Gasteiger charge is -2.09. The molecule has 7 nitrogen and oxygen atoms in total. The second-order valence-electron chi connectivity index (χ2n) is 3.77. The number of ether oxygens (including phenoxy) is 5. The molecular formula is C12H20O7S. The molecule has 1 fully saturated rings. The maximum Gasteiger partial charge on any atom is 0.315 e. The van der Waals surface area contributed by atoms with E-state index in [1.54, 1.807) is 0 Å². The lowest BCUT2D eigenvalue weighted by Crippen LogP contribution is -2.18. The minimum atomic E-state index is -0.368. The van der Waals surface area contributed by atoms with Gasteiger partial charge in [-0.3, -0.25) is 9.59 Å². The molecule has 0 aliphatic carbocycles. The van der Waals surface area contributed by atoms with Gasteiger partial charge in [-0.05, 0) is 0 Å². The number of thioether (sulfide) groups is 1. The first-order valence-corrected chi connectivity index (χ1v) is 7.57. The molecule has 0 unspecified atom stereocenters. The van der Waals surface area contributed by atoms with E-state index in [-0.39, 0.29) is 36.7 Å². The molecule has 1 saturated heterocycles. The molecule has 1 rings (SSSR count). The number of hydrogen-bond acceptors (Lipinski definition) is 8.